The number of halogens is 1. The van der Waals surface area contributed by atoms with Crippen LogP contribution in [0, 0.1) is 0 Å². The average molecular weight is 372 g/mol. The average Bonchev–Trinajstić information content (AvgIpc) is 3.14. The molecule has 1 unspecified atom stereocenters. The molecule has 0 bridgehead atoms. The molecule has 0 radical (unpaired) electrons. The molecular weight excluding hydrogens is 354 g/mol. The van der Waals surface area contributed by atoms with Crippen molar-refractivity contribution in [2.75, 3.05) is 5.01 Å². The molecule has 2 aromatic carbocycles. The lowest BCUT2D eigenvalue weighted by Crippen LogP contribution is -2.46. The van der Waals surface area contributed by atoms with Crippen molar-refractivity contribution in [3.8, 4) is 0 Å². The number of hydrogen-bond acceptors (Lipinski definition) is 5. The lowest BCUT2D eigenvalue weighted by Gasteiger charge is -2.29. The number of anilines is 1. The van der Waals surface area contributed by atoms with E-state index in [9.17, 15) is 9.90 Å². The standard InChI is InChI=1S/C19H18ClN3O3/c1-2-19(10-18(24)25)13-5-3-4-6-15(13)23(22-19)11-17-21-14-9-12(20)7-8-16(14)26-17/h3-9,22H,2,10-11H2,1H3,(H,24,25). The summed E-state index contributed by atoms with van der Waals surface area (Å²) in [4.78, 5) is 15.9. The number of aliphatic carboxylic acids is 1. The Morgan fingerprint density at radius 2 is 2.15 bits per heavy atom. The molecule has 2 N–H and O–H groups in total. The Hall–Kier alpha value is -2.57. The molecule has 2 heterocycles. The van der Waals surface area contributed by atoms with Gasteiger partial charge in [0.1, 0.15) is 12.1 Å². The van der Waals surface area contributed by atoms with Crippen LogP contribution in [-0.4, -0.2) is 16.1 Å². The summed E-state index contributed by atoms with van der Waals surface area (Å²) in [6.45, 7) is 2.36. The van der Waals surface area contributed by atoms with Gasteiger partial charge in [0.2, 0.25) is 5.89 Å². The van der Waals surface area contributed by atoms with Gasteiger partial charge in [-0.1, -0.05) is 36.7 Å². The lowest BCUT2D eigenvalue weighted by molar-refractivity contribution is -0.138. The second kappa shape index (κ2) is 6.30. The molecule has 26 heavy (non-hydrogen) atoms. The van der Waals surface area contributed by atoms with Crippen LogP contribution in [0.2, 0.25) is 5.02 Å². The topological polar surface area (TPSA) is 78.6 Å². The summed E-state index contributed by atoms with van der Waals surface area (Å²) in [7, 11) is 0. The molecule has 0 amide bonds. The Bertz CT molecular complexity index is 987. The molecule has 4 rings (SSSR count). The van der Waals surface area contributed by atoms with Crippen LogP contribution in [0.3, 0.4) is 0 Å². The summed E-state index contributed by atoms with van der Waals surface area (Å²) in [5.41, 5.74) is 6.03. The zero-order chi connectivity index (χ0) is 18.3. The smallest absolute Gasteiger partial charge is 0.305 e. The predicted molar refractivity (Wildman–Crippen MR) is 99.0 cm³/mol. The fraction of sp³-hybridized carbons (Fsp3) is 0.263. The Morgan fingerprint density at radius 3 is 2.92 bits per heavy atom. The molecule has 3 aromatic rings. The minimum Gasteiger partial charge on any atom is -0.481 e. The Labute approximate surface area is 155 Å². The number of para-hydroxylation sites is 1. The van der Waals surface area contributed by atoms with Gasteiger partial charge in [0.25, 0.3) is 0 Å². The molecule has 0 fully saturated rings. The third-order valence-corrected chi connectivity index (χ3v) is 5.04. The SMILES string of the molecule is CCC1(CC(=O)O)NN(Cc2nc3cc(Cl)ccc3o2)c2ccccc21. The summed E-state index contributed by atoms with van der Waals surface area (Å²) in [6.07, 6.45) is 0.649. The normalized spacial score (nSPS) is 19.1. The zero-order valence-electron chi connectivity index (χ0n) is 14.2. The second-order valence-corrected chi connectivity index (χ2v) is 6.88. The van der Waals surface area contributed by atoms with Gasteiger partial charge in [-0.05, 0) is 36.2 Å². The van der Waals surface area contributed by atoms with Gasteiger partial charge in [-0.25, -0.2) is 10.4 Å². The Morgan fingerprint density at radius 1 is 1.35 bits per heavy atom. The van der Waals surface area contributed by atoms with E-state index in [1.165, 1.54) is 0 Å². The van der Waals surface area contributed by atoms with E-state index in [4.69, 9.17) is 16.0 Å². The van der Waals surface area contributed by atoms with Crippen molar-refractivity contribution < 1.29 is 14.3 Å². The van der Waals surface area contributed by atoms with Gasteiger partial charge in [0.05, 0.1) is 17.6 Å². The van der Waals surface area contributed by atoms with Gasteiger partial charge in [0.15, 0.2) is 5.58 Å². The first kappa shape index (κ1) is 16.9. The molecule has 0 aliphatic carbocycles. The van der Waals surface area contributed by atoms with Crippen LogP contribution in [0.4, 0.5) is 5.69 Å². The summed E-state index contributed by atoms with van der Waals surface area (Å²) in [6, 6.07) is 13.1. The third-order valence-electron chi connectivity index (χ3n) is 4.80. The number of nitrogens with one attached hydrogen (secondary N) is 1. The van der Waals surface area contributed by atoms with Crippen LogP contribution < -0.4 is 10.4 Å². The number of benzene rings is 2. The van der Waals surface area contributed by atoms with Crippen molar-refractivity contribution >= 4 is 34.4 Å². The van der Waals surface area contributed by atoms with Crippen molar-refractivity contribution in [2.45, 2.75) is 31.8 Å². The van der Waals surface area contributed by atoms with E-state index in [0.717, 1.165) is 11.3 Å². The minimum absolute atomic E-state index is 0.000179. The number of carboxylic acid groups (broad SMARTS) is 1. The van der Waals surface area contributed by atoms with Gasteiger partial charge in [-0.2, -0.15) is 0 Å². The van der Waals surface area contributed by atoms with E-state index in [2.05, 4.69) is 10.4 Å². The van der Waals surface area contributed by atoms with Crippen molar-refractivity contribution in [2.24, 2.45) is 0 Å². The highest BCUT2D eigenvalue weighted by Crippen LogP contribution is 2.42. The maximum Gasteiger partial charge on any atom is 0.305 e. The first-order chi connectivity index (χ1) is 12.5. The highest BCUT2D eigenvalue weighted by atomic mass is 35.5. The molecule has 1 aliphatic rings. The zero-order valence-corrected chi connectivity index (χ0v) is 15.0. The molecule has 0 saturated heterocycles. The number of carboxylic acids is 1. The number of nitrogens with zero attached hydrogens (tertiary/aromatic N) is 2. The van der Waals surface area contributed by atoms with Gasteiger partial charge in [-0.15, -0.1) is 0 Å². The number of oxazole rings is 1. The number of hydrogen-bond donors (Lipinski definition) is 2. The van der Waals surface area contributed by atoms with E-state index in [1.54, 1.807) is 18.2 Å². The quantitative estimate of drug-likeness (QED) is 0.703. The van der Waals surface area contributed by atoms with E-state index in [-0.39, 0.29) is 6.42 Å². The van der Waals surface area contributed by atoms with Gasteiger partial charge in [0, 0.05) is 5.02 Å². The van der Waals surface area contributed by atoms with E-state index < -0.39 is 11.5 Å². The highest BCUT2D eigenvalue weighted by molar-refractivity contribution is 6.31. The van der Waals surface area contributed by atoms with Crippen molar-refractivity contribution in [3.63, 3.8) is 0 Å². The maximum atomic E-state index is 11.4. The maximum absolute atomic E-state index is 11.4. The van der Waals surface area contributed by atoms with Crippen molar-refractivity contribution in [1.82, 2.24) is 10.4 Å². The van der Waals surface area contributed by atoms with Gasteiger partial charge < -0.3 is 9.52 Å². The summed E-state index contributed by atoms with van der Waals surface area (Å²) in [5, 5.41) is 11.9. The van der Waals surface area contributed by atoms with Crippen LogP contribution in [0.1, 0.15) is 31.2 Å². The van der Waals surface area contributed by atoms with Crippen molar-refractivity contribution in [1.29, 1.82) is 0 Å². The predicted octanol–water partition coefficient (Wildman–Crippen LogP) is 4.09. The van der Waals surface area contributed by atoms with Crippen LogP contribution >= 0.6 is 11.6 Å². The largest absolute Gasteiger partial charge is 0.481 e. The van der Waals surface area contributed by atoms with Gasteiger partial charge >= 0.3 is 5.97 Å². The Kier molecular flexibility index (Phi) is 4.09. The van der Waals surface area contributed by atoms with E-state index >= 15 is 0 Å². The third kappa shape index (κ3) is 2.81. The van der Waals surface area contributed by atoms with Crippen LogP contribution in [-0.2, 0) is 16.9 Å². The fourth-order valence-electron chi connectivity index (χ4n) is 3.56. The molecule has 1 aromatic heterocycles. The molecule has 1 atom stereocenters. The highest BCUT2D eigenvalue weighted by Gasteiger charge is 2.42. The Balaban J connectivity index is 1.69. The van der Waals surface area contributed by atoms with E-state index in [1.807, 2.05) is 36.2 Å². The first-order valence-corrected chi connectivity index (χ1v) is 8.80. The van der Waals surface area contributed by atoms with E-state index in [0.29, 0.717) is 35.0 Å². The molecule has 6 nitrogen and oxygen atoms in total. The molecule has 0 saturated carbocycles. The van der Waals surface area contributed by atoms with Crippen LogP contribution in [0.5, 0.6) is 0 Å². The molecule has 134 valence electrons. The summed E-state index contributed by atoms with van der Waals surface area (Å²) < 4.78 is 5.82. The molecule has 1 aliphatic heterocycles. The second-order valence-electron chi connectivity index (χ2n) is 6.44. The molecule has 7 heteroatoms. The number of hydrazine groups is 1. The number of carbonyl (C=O) groups is 1. The van der Waals surface area contributed by atoms with Gasteiger partial charge in [-0.3, -0.25) is 9.80 Å². The first-order valence-electron chi connectivity index (χ1n) is 8.42. The fourth-order valence-corrected chi connectivity index (χ4v) is 3.72. The number of fused-ring (bicyclic) bond motifs is 2. The van der Waals surface area contributed by atoms with Crippen LogP contribution in [0.15, 0.2) is 46.9 Å². The lowest BCUT2D eigenvalue weighted by atomic mass is 9.85. The van der Waals surface area contributed by atoms with Crippen molar-refractivity contribution in [3.05, 3.63) is 58.9 Å². The summed E-state index contributed by atoms with van der Waals surface area (Å²) in [5.74, 6) is -0.306. The minimum atomic E-state index is -0.840. The monoisotopic (exact) mass is 371 g/mol. The molecule has 0 spiro atoms. The van der Waals surface area contributed by atoms with Crippen LogP contribution in [0.25, 0.3) is 11.1 Å². The molecular formula is C19H18ClN3O3. The summed E-state index contributed by atoms with van der Waals surface area (Å²) >= 11 is 6.01. The number of rotatable bonds is 5. The number of aromatic nitrogens is 1.